The summed E-state index contributed by atoms with van der Waals surface area (Å²) in [6.07, 6.45) is 8.71. The van der Waals surface area contributed by atoms with Crippen molar-refractivity contribution in [1.82, 2.24) is 15.0 Å². The van der Waals surface area contributed by atoms with Crippen LogP contribution in [0, 0.1) is 5.92 Å². The molecule has 2 aliphatic rings. The summed E-state index contributed by atoms with van der Waals surface area (Å²) in [5, 5.41) is 6.87. The molecule has 2 fully saturated rings. The molecule has 1 aromatic carbocycles. The SMILES string of the molecule is CC(=O)Nc1ccc(-c2noc(C3CCN(C(=O)CCC4CCCC4)CC3)n2)cc1. The van der Waals surface area contributed by atoms with Gasteiger partial charge in [-0.2, -0.15) is 4.98 Å². The Hall–Kier alpha value is -2.70. The van der Waals surface area contributed by atoms with Gasteiger partial charge in [0.05, 0.1) is 0 Å². The Kier molecular flexibility index (Phi) is 6.45. The van der Waals surface area contributed by atoms with Crippen LogP contribution in [0.15, 0.2) is 28.8 Å². The van der Waals surface area contributed by atoms with Crippen molar-refractivity contribution in [3.63, 3.8) is 0 Å². The van der Waals surface area contributed by atoms with Crippen LogP contribution in [0.5, 0.6) is 0 Å². The van der Waals surface area contributed by atoms with Gasteiger partial charge in [-0.25, -0.2) is 0 Å². The molecule has 1 aliphatic heterocycles. The van der Waals surface area contributed by atoms with Crippen LogP contribution in [0.1, 0.15) is 70.1 Å². The largest absolute Gasteiger partial charge is 0.343 e. The van der Waals surface area contributed by atoms with Gasteiger partial charge in [0.25, 0.3) is 0 Å². The summed E-state index contributed by atoms with van der Waals surface area (Å²) in [5.74, 6) is 2.35. The highest BCUT2D eigenvalue weighted by atomic mass is 16.5. The molecule has 4 rings (SSSR count). The second-order valence-corrected chi connectivity index (χ2v) is 8.56. The van der Waals surface area contributed by atoms with Crippen molar-refractivity contribution in [3.05, 3.63) is 30.2 Å². The molecule has 0 unspecified atom stereocenters. The minimum atomic E-state index is -0.104. The average molecular weight is 411 g/mol. The van der Waals surface area contributed by atoms with E-state index in [1.165, 1.54) is 32.6 Å². The lowest BCUT2D eigenvalue weighted by atomic mass is 9.95. The number of nitrogens with one attached hydrogen (secondary N) is 1. The molecule has 1 aliphatic carbocycles. The Morgan fingerprint density at radius 2 is 1.80 bits per heavy atom. The number of carbonyl (C=O) groups excluding carboxylic acids is 2. The lowest BCUT2D eigenvalue weighted by Gasteiger charge is -2.30. The van der Waals surface area contributed by atoms with E-state index < -0.39 is 0 Å². The van der Waals surface area contributed by atoms with Gasteiger partial charge in [0.1, 0.15) is 0 Å². The maximum atomic E-state index is 12.5. The van der Waals surface area contributed by atoms with Crippen LogP contribution in [0.2, 0.25) is 0 Å². The van der Waals surface area contributed by atoms with Crippen LogP contribution in [-0.2, 0) is 9.59 Å². The lowest BCUT2D eigenvalue weighted by molar-refractivity contribution is -0.132. The Morgan fingerprint density at radius 3 is 2.47 bits per heavy atom. The highest BCUT2D eigenvalue weighted by molar-refractivity contribution is 5.88. The molecule has 7 heteroatoms. The molecule has 1 N–H and O–H groups in total. The number of nitrogens with zero attached hydrogens (tertiary/aromatic N) is 3. The molecule has 0 atom stereocenters. The third kappa shape index (κ3) is 5.07. The molecule has 0 bridgehead atoms. The van der Waals surface area contributed by atoms with Crippen molar-refractivity contribution in [2.75, 3.05) is 18.4 Å². The van der Waals surface area contributed by atoms with Gasteiger partial charge >= 0.3 is 0 Å². The monoisotopic (exact) mass is 410 g/mol. The zero-order valence-corrected chi connectivity index (χ0v) is 17.6. The zero-order chi connectivity index (χ0) is 20.9. The molecule has 7 nitrogen and oxygen atoms in total. The maximum absolute atomic E-state index is 12.5. The Balaban J connectivity index is 1.28. The molecule has 1 saturated heterocycles. The van der Waals surface area contributed by atoms with Gasteiger partial charge < -0.3 is 14.7 Å². The van der Waals surface area contributed by atoms with Crippen molar-refractivity contribution in [2.45, 2.75) is 64.2 Å². The lowest BCUT2D eigenvalue weighted by Crippen LogP contribution is -2.38. The van der Waals surface area contributed by atoms with Gasteiger partial charge in [0, 0.05) is 43.6 Å². The van der Waals surface area contributed by atoms with Crippen LogP contribution >= 0.6 is 0 Å². The summed E-state index contributed by atoms with van der Waals surface area (Å²) in [6.45, 7) is 3.00. The first kappa shape index (κ1) is 20.6. The first-order valence-electron chi connectivity index (χ1n) is 11.1. The Morgan fingerprint density at radius 1 is 1.10 bits per heavy atom. The molecule has 2 heterocycles. The molecular weight excluding hydrogens is 380 g/mol. The number of hydrogen-bond acceptors (Lipinski definition) is 5. The summed E-state index contributed by atoms with van der Waals surface area (Å²) in [7, 11) is 0. The van der Waals surface area contributed by atoms with Crippen molar-refractivity contribution in [1.29, 1.82) is 0 Å². The molecule has 1 aromatic heterocycles. The van der Waals surface area contributed by atoms with Crippen LogP contribution in [0.25, 0.3) is 11.4 Å². The highest BCUT2D eigenvalue weighted by Crippen LogP contribution is 2.31. The minimum Gasteiger partial charge on any atom is -0.343 e. The van der Waals surface area contributed by atoms with Crippen molar-refractivity contribution in [2.24, 2.45) is 5.92 Å². The fourth-order valence-electron chi connectivity index (χ4n) is 4.58. The van der Waals surface area contributed by atoms with Crippen LogP contribution in [0.4, 0.5) is 5.69 Å². The fourth-order valence-corrected chi connectivity index (χ4v) is 4.58. The summed E-state index contributed by atoms with van der Waals surface area (Å²) in [5.41, 5.74) is 1.58. The first-order valence-corrected chi connectivity index (χ1v) is 11.1. The van der Waals surface area contributed by atoms with Gasteiger partial charge in [-0.1, -0.05) is 30.8 Å². The smallest absolute Gasteiger partial charge is 0.230 e. The molecular formula is C23H30N4O3. The van der Waals surface area contributed by atoms with Gasteiger partial charge in [0.15, 0.2) is 0 Å². The number of hydrogen-bond donors (Lipinski definition) is 1. The highest BCUT2D eigenvalue weighted by Gasteiger charge is 2.28. The Bertz CT molecular complexity index is 863. The second-order valence-electron chi connectivity index (χ2n) is 8.56. The minimum absolute atomic E-state index is 0.104. The van der Waals surface area contributed by atoms with Crippen LogP contribution in [-0.4, -0.2) is 39.9 Å². The first-order chi connectivity index (χ1) is 14.6. The number of amides is 2. The van der Waals surface area contributed by atoms with Gasteiger partial charge in [0.2, 0.25) is 23.5 Å². The number of aromatic nitrogens is 2. The van der Waals surface area contributed by atoms with Crippen molar-refractivity contribution in [3.8, 4) is 11.4 Å². The number of carbonyl (C=O) groups is 2. The van der Waals surface area contributed by atoms with E-state index in [2.05, 4.69) is 15.5 Å². The molecule has 2 aromatic rings. The summed E-state index contributed by atoms with van der Waals surface area (Å²) >= 11 is 0. The molecule has 1 saturated carbocycles. The number of piperidine rings is 1. The quantitative estimate of drug-likeness (QED) is 0.764. The summed E-state index contributed by atoms with van der Waals surface area (Å²) in [6, 6.07) is 7.38. The van der Waals surface area contributed by atoms with Crippen LogP contribution in [0.3, 0.4) is 0 Å². The van der Waals surface area contributed by atoms with Gasteiger partial charge in [-0.15, -0.1) is 0 Å². The van der Waals surface area contributed by atoms with E-state index in [0.29, 0.717) is 24.0 Å². The standard InChI is InChI=1S/C23H30N4O3/c1-16(28)24-20-9-7-18(8-10-20)22-25-23(30-26-22)19-12-14-27(15-13-19)21(29)11-6-17-4-2-3-5-17/h7-10,17,19H,2-6,11-15H2,1H3,(H,24,28). The molecule has 0 spiro atoms. The number of rotatable bonds is 6. The van der Waals surface area contributed by atoms with Crippen molar-refractivity contribution >= 4 is 17.5 Å². The number of anilines is 1. The third-order valence-corrected chi connectivity index (χ3v) is 6.34. The Labute approximate surface area is 177 Å². The van der Waals surface area contributed by atoms with E-state index in [1.54, 1.807) is 0 Å². The van der Waals surface area contributed by atoms with E-state index in [0.717, 1.165) is 49.5 Å². The number of benzene rings is 1. The summed E-state index contributed by atoms with van der Waals surface area (Å²) in [4.78, 5) is 30.3. The average Bonchev–Trinajstić information content (AvgIpc) is 3.45. The van der Waals surface area contributed by atoms with E-state index in [1.807, 2.05) is 29.2 Å². The van der Waals surface area contributed by atoms with E-state index >= 15 is 0 Å². The topological polar surface area (TPSA) is 88.3 Å². The normalized spacial score (nSPS) is 18.0. The molecule has 2 amide bonds. The number of likely N-dealkylation sites (tertiary alicyclic amines) is 1. The molecule has 0 radical (unpaired) electrons. The fraction of sp³-hybridized carbons (Fsp3) is 0.565. The predicted octanol–water partition coefficient (Wildman–Crippen LogP) is 4.37. The second kappa shape index (κ2) is 9.41. The molecule has 160 valence electrons. The maximum Gasteiger partial charge on any atom is 0.230 e. The predicted molar refractivity (Wildman–Crippen MR) is 114 cm³/mol. The van der Waals surface area contributed by atoms with E-state index in [9.17, 15) is 9.59 Å². The third-order valence-electron chi connectivity index (χ3n) is 6.34. The van der Waals surface area contributed by atoms with Crippen LogP contribution < -0.4 is 5.32 Å². The van der Waals surface area contributed by atoms with Gasteiger partial charge in [-0.3, -0.25) is 9.59 Å². The zero-order valence-electron chi connectivity index (χ0n) is 17.6. The van der Waals surface area contributed by atoms with E-state index in [4.69, 9.17) is 4.52 Å². The van der Waals surface area contributed by atoms with E-state index in [-0.39, 0.29) is 11.8 Å². The van der Waals surface area contributed by atoms with Crippen molar-refractivity contribution < 1.29 is 14.1 Å². The summed E-state index contributed by atoms with van der Waals surface area (Å²) < 4.78 is 5.53. The van der Waals surface area contributed by atoms with Gasteiger partial charge in [-0.05, 0) is 49.4 Å². The molecule has 30 heavy (non-hydrogen) atoms.